The molecule has 0 saturated carbocycles. The van der Waals surface area contributed by atoms with Gasteiger partial charge < -0.3 is 11.1 Å². The van der Waals surface area contributed by atoms with E-state index in [-0.39, 0.29) is 23.7 Å². The summed E-state index contributed by atoms with van der Waals surface area (Å²) < 4.78 is 25.7. The number of hydrogen-bond donors (Lipinski definition) is 2. The number of benzene rings is 1. The number of rotatable bonds is 5. The second-order valence-electron chi connectivity index (χ2n) is 4.00. The number of hydrogen-bond acceptors (Lipinski definition) is 4. The molecule has 1 aromatic carbocycles. The highest BCUT2D eigenvalue weighted by molar-refractivity contribution is 5.95. The number of amides is 1. The van der Waals surface area contributed by atoms with Gasteiger partial charge in [0, 0.05) is 17.2 Å². The van der Waals surface area contributed by atoms with Crippen LogP contribution in [0.25, 0.3) is 0 Å². The summed E-state index contributed by atoms with van der Waals surface area (Å²) in [5, 5.41) is 12.7. The number of nitro benzene ring substituents is 1. The Hall–Kier alpha value is -1.80. The number of carbonyl (C=O) groups is 1. The zero-order valence-electron chi connectivity index (χ0n) is 10.6. The van der Waals surface area contributed by atoms with Crippen molar-refractivity contribution < 1.29 is 18.5 Å². The zero-order valence-corrected chi connectivity index (χ0v) is 11.4. The van der Waals surface area contributed by atoms with Gasteiger partial charge in [-0.15, -0.1) is 12.4 Å². The Morgan fingerprint density at radius 3 is 2.60 bits per heavy atom. The van der Waals surface area contributed by atoms with Crippen molar-refractivity contribution in [3.63, 3.8) is 0 Å². The van der Waals surface area contributed by atoms with Gasteiger partial charge >= 0.3 is 0 Å². The van der Waals surface area contributed by atoms with E-state index in [4.69, 9.17) is 5.73 Å². The molecule has 20 heavy (non-hydrogen) atoms. The number of nitrogens with zero attached hydrogens (tertiary/aromatic N) is 1. The van der Waals surface area contributed by atoms with Gasteiger partial charge in [0.1, 0.15) is 0 Å². The third-order valence-electron chi connectivity index (χ3n) is 2.47. The number of aryl methyl sites for hydroxylation is 1. The maximum absolute atomic E-state index is 12.9. The molecule has 0 aliphatic carbocycles. The van der Waals surface area contributed by atoms with Crippen LogP contribution in [0.15, 0.2) is 18.2 Å². The Morgan fingerprint density at radius 2 is 2.10 bits per heavy atom. The van der Waals surface area contributed by atoms with Crippen LogP contribution in [0.4, 0.5) is 14.5 Å². The van der Waals surface area contributed by atoms with Gasteiger partial charge in [-0.05, 0) is 13.0 Å². The van der Waals surface area contributed by atoms with Gasteiger partial charge in [-0.3, -0.25) is 14.9 Å². The monoisotopic (exact) mass is 309 g/mol. The second-order valence-corrected chi connectivity index (χ2v) is 4.00. The van der Waals surface area contributed by atoms with Crippen LogP contribution in [0.5, 0.6) is 0 Å². The highest BCUT2D eigenvalue weighted by atomic mass is 35.5. The van der Waals surface area contributed by atoms with E-state index in [9.17, 15) is 23.7 Å². The molecular weight excluding hydrogens is 296 g/mol. The zero-order chi connectivity index (χ0) is 14.6. The van der Waals surface area contributed by atoms with Crippen LogP contribution in [0.3, 0.4) is 0 Å². The number of carbonyl (C=O) groups excluding carboxylic acids is 1. The molecule has 1 aromatic rings. The summed E-state index contributed by atoms with van der Waals surface area (Å²) in [7, 11) is 0. The average Bonchev–Trinajstić information content (AvgIpc) is 2.36. The lowest BCUT2D eigenvalue weighted by molar-refractivity contribution is -0.385. The van der Waals surface area contributed by atoms with Crippen molar-refractivity contribution in [3.05, 3.63) is 39.4 Å². The summed E-state index contributed by atoms with van der Waals surface area (Å²) in [4.78, 5) is 21.6. The Labute approximate surface area is 119 Å². The van der Waals surface area contributed by atoms with Gasteiger partial charge in [0.15, 0.2) is 0 Å². The van der Waals surface area contributed by atoms with Gasteiger partial charge in [0.2, 0.25) is 0 Å². The third kappa shape index (κ3) is 4.71. The number of halogens is 3. The molecule has 0 aliphatic heterocycles. The van der Waals surface area contributed by atoms with Crippen molar-refractivity contribution in [2.45, 2.75) is 12.8 Å². The summed E-state index contributed by atoms with van der Waals surface area (Å²) in [6.07, 6.45) is 0. The SMILES string of the molecule is Cc1ccc(C(=O)NCC(F)(F)CN)cc1[N+](=O)[O-].Cl. The Balaban J connectivity index is 0.00000361. The number of nitro groups is 1. The fourth-order valence-corrected chi connectivity index (χ4v) is 1.33. The van der Waals surface area contributed by atoms with Gasteiger partial charge in [-0.25, -0.2) is 8.78 Å². The van der Waals surface area contributed by atoms with Gasteiger partial charge in [0.05, 0.1) is 18.0 Å². The molecule has 0 bridgehead atoms. The summed E-state index contributed by atoms with van der Waals surface area (Å²) in [5.41, 5.74) is 4.92. The van der Waals surface area contributed by atoms with Crippen LogP contribution < -0.4 is 11.1 Å². The van der Waals surface area contributed by atoms with E-state index in [0.717, 1.165) is 6.07 Å². The molecule has 6 nitrogen and oxygen atoms in total. The highest BCUT2D eigenvalue weighted by Crippen LogP contribution is 2.19. The summed E-state index contributed by atoms with van der Waals surface area (Å²) in [6.45, 7) is -0.284. The molecule has 0 atom stereocenters. The topological polar surface area (TPSA) is 98.3 Å². The first kappa shape index (κ1) is 18.2. The van der Waals surface area contributed by atoms with Crippen molar-refractivity contribution >= 4 is 24.0 Å². The molecule has 0 spiro atoms. The molecule has 0 unspecified atom stereocenters. The largest absolute Gasteiger partial charge is 0.346 e. The van der Waals surface area contributed by atoms with Gasteiger partial charge in [-0.2, -0.15) is 0 Å². The van der Waals surface area contributed by atoms with Crippen molar-refractivity contribution in [2.75, 3.05) is 13.1 Å². The van der Waals surface area contributed by atoms with Crippen LogP contribution in [-0.4, -0.2) is 29.8 Å². The van der Waals surface area contributed by atoms with Crippen molar-refractivity contribution in [3.8, 4) is 0 Å². The predicted molar refractivity (Wildman–Crippen MR) is 71.4 cm³/mol. The molecule has 0 saturated heterocycles. The molecule has 112 valence electrons. The lowest BCUT2D eigenvalue weighted by atomic mass is 10.1. The summed E-state index contributed by atoms with van der Waals surface area (Å²) >= 11 is 0. The molecule has 0 aliphatic rings. The minimum absolute atomic E-state index is 0. The van der Waals surface area contributed by atoms with Crippen molar-refractivity contribution in [1.82, 2.24) is 5.32 Å². The normalized spacial score (nSPS) is 10.6. The standard InChI is InChI=1S/C11H13F2N3O3.ClH/c1-7-2-3-8(4-9(7)16(18)19)10(17)15-6-11(12,13)5-14;/h2-4H,5-6,14H2,1H3,(H,15,17);1H. The first-order valence-corrected chi connectivity index (χ1v) is 5.38. The molecule has 9 heteroatoms. The van der Waals surface area contributed by atoms with E-state index >= 15 is 0 Å². The van der Waals surface area contributed by atoms with E-state index in [1.54, 1.807) is 0 Å². The average molecular weight is 310 g/mol. The van der Waals surface area contributed by atoms with Gasteiger partial charge in [0.25, 0.3) is 17.5 Å². The number of alkyl halides is 2. The molecule has 0 radical (unpaired) electrons. The van der Waals surface area contributed by atoms with Crippen LogP contribution in [0, 0.1) is 17.0 Å². The molecule has 3 N–H and O–H groups in total. The van der Waals surface area contributed by atoms with Crippen molar-refractivity contribution in [1.29, 1.82) is 0 Å². The van der Waals surface area contributed by atoms with E-state index in [2.05, 4.69) is 0 Å². The van der Waals surface area contributed by atoms with E-state index in [1.807, 2.05) is 5.32 Å². The van der Waals surface area contributed by atoms with Crippen molar-refractivity contribution in [2.24, 2.45) is 5.73 Å². The fraction of sp³-hybridized carbons (Fsp3) is 0.364. The molecule has 0 fully saturated rings. The summed E-state index contributed by atoms with van der Waals surface area (Å²) in [5.74, 6) is -4.01. The Morgan fingerprint density at radius 1 is 1.50 bits per heavy atom. The second kappa shape index (κ2) is 7.11. The Bertz CT molecular complexity index is 512. The molecule has 0 heterocycles. The first-order valence-electron chi connectivity index (χ1n) is 5.38. The van der Waals surface area contributed by atoms with Crippen LogP contribution in [-0.2, 0) is 0 Å². The van der Waals surface area contributed by atoms with Gasteiger partial charge in [-0.1, -0.05) is 6.07 Å². The molecular formula is C11H14ClF2N3O3. The molecule has 0 aromatic heterocycles. The summed E-state index contributed by atoms with van der Waals surface area (Å²) in [6, 6.07) is 3.76. The molecule has 1 rings (SSSR count). The smallest absolute Gasteiger partial charge is 0.277 e. The Kier molecular flexibility index (Phi) is 6.47. The predicted octanol–water partition coefficient (Wildman–Crippen LogP) is 1.65. The minimum atomic E-state index is -3.20. The van der Waals surface area contributed by atoms with Crippen LogP contribution in [0.1, 0.15) is 15.9 Å². The number of nitrogens with one attached hydrogen (secondary N) is 1. The van der Waals surface area contributed by atoms with Crippen LogP contribution in [0.2, 0.25) is 0 Å². The molecule has 1 amide bonds. The highest BCUT2D eigenvalue weighted by Gasteiger charge is 2.27. The third-order valence-corrected chi connectivity index (χ3v) is 2.47. The van der Waals surface area contributed by atoms with E-state index in [0.29, 0.717) is 5.56 Å². The minimum Gasteiger partial charge on any atom is -0.346 e. The maximum atomic E-state index is 12.9. The van der Waals surface area contributed by atoms with E-state index < -0.39 is 29.8 Å². The lowest BCUT2D eigenvalue weighted by Crippen LogP contribution is -2.41. The quantitative estimate of drug-likeness (QED) is 0.638. The van der Waals surface area contributed by atoms with Crippen LogP contribution >= 0.6 is 12.4 Å². The maximum Gasteiger partial charge on any atom is 0.277 e. The van der Waals surface area contributed by atoms with E-state index in [1.165, 1.54) is 19.1 Å². The number of nitrogens with two attached hydrogens (primary N) is 1. The first-order chi connectivity index (χ1) is 8.76. The fourth-order valence-electron chi connectivity index (χ4n) is 1.33. The lowest BCUT2D eigenvalue weighted by Gasteiger charge is -2.14.